The molecular weight excluding hydrogens is 238 g/mol. The highest BCUT2D eigenvalue weighted by Gasteiger charge is 2.07. The topological polar surface area (TPSA) is 78.3 Å². The molecule has 3 N–H and O–H groups in total. The fourth-order valence-electron chi connectivity index (χ4n) is 1.36. The van der Waals surface area contributed by atoms with E-state index in [0.717, 1.165) is 11.4 Å². The number of nitrogens with one attached hydrogen (secondary N) is 1. The number of hydrogen-bond donors (Lipinski definition) is 3. The molecule has 0 saturated heterocycles. The first-order valence-corrected chi connectivity index (χ1v) is 6.08. The van der Waals surface area contributed by atoms with Crippen LogP contribution in [0.4, 0.5) is 5.13 Å². The van der Waals surface area contributed by atoms with E-state index >= 15 is 0 Å². The van der Waals surface area contributed by atoms with Crippen LogP contribution in [0.5, 0.6) is 11.5 Å². The van der Waals surface area contributed by atoms with Crippen LogP contribution in [0.1, 0.15) is 17.5 Å². The number of benzene rings is 1. The van der Waals surface area contributed by atoms with Crippen LogP contribution in [-0.4, -0.2) is 20.4 Å². The van der Waals surface area contributed by atoms with Crippen LogP contribution >= 0.6 is 11.3 Å². The van der Waals surface area contributed by atoms with Gasteiger partial charge in [0, 0.05) is 12.1 Å². The van der Waals surface area contributed by atoms with Gasteiger partial charge in [0.05, 0.1) is 0 Å². The minimum absolute atomic E-state index is 0.0970. The highest BCUT2D eigenvalue weighted by atomic mass is 32.1. The van der Waals surface area contributed by atoms with Crippen molar-refractivity contribution in [3.8, 4) is 11.5 Å². The first kappa shape index (κ1) is 11.7. The molecule has 0 saturated carbocycles. The molecule has 1 aromatic heterocycles. The zero-order valence-corrected chi connectivity index (χ0v) is 10.2. The molecule has 2 aromatic rings. The first-order chi connectivity index (χ1) is 8.20. The van der Waals surface area contributed by atoms with Crippen LogP contribution in [0.15, 0.2) is 18.2 Å². The highest BCUT2D eigenvalue weighted by molar-refractivity contribution is 7.15. The molecule has 1 aromatic carbocycles. The van der Waals surface area contributed by atoms with E-state index in [0.29, 0.717) is 17.2 Å². The van der Waals surface area contributed by atoms with Crippen molar-refractivity contribution < 1.29 is 10.2 Å². The van der Waals surface area contributed by atoms with E-state index in [1.807, 2.05) is 6.92 Å². The van der Waals surface area contributed by atoms with Gasteiger partial charge in [-0.1, -0.05) is 30.4 Å². The average molecular weight is 251 g/mol. The number of phenols is 2. The highest BCUT2D eigenvalue weighted by Crippen LogP contribution is 2.28. The molecule has 6 heteroatoms. The summed E-state index contributed by atoms with van der Waals surface area (Å²) in [4.78, 5) is 0. The Labute approximate surface area is 103 Å². The summed E-state index contributed by atoms with van der Waals surface area (Å²) in [6, 6.07) is 4.87. The lowest BCUT2D eigenvalue weighted by Crippen LogP contribution is -1.99. The minimum atomic E-state index is -0.115. The third kappa shape index (κ3) is 2.65. The standard InChI is InChI=1S/C11H13N3O2S/c1-2-9-13-14-11(17-9)12-6-7-4-3-5-8(15)10(7)16/h3-5,15-16H,2,6H2,1H3,(H,12,14). The summed E-state index contributed by atoms with van der Waals surface area (Å²) in [6.45, 7) is 2.42. The smallest absolute Gasteiger partial charge is 0.205 e. The van der Waals surface area contributed by atoms with Crippen molar-refractivity contribution in [2.45, 2.75) is 19.9 Å². The van der Waals surface area contributed by atoms with E-state index in [-0.39, 0.29) is 11.5 Å². The second-order valence-electron chi connectivity index (χ2n) is 3.49. The molecule has 90 valence electrons. The van der Waals surface area contributed by atoms with Crippen LogP contribution in [0.25, 0.3) is 0 Å². The summed E-state index contributed by atoms with van der Waals surface area (Å²) in [7, 11) is 0. The maximum absolute atomic E-state index is 9.60. The molecule has 17 heavy (non-hydrogen) atoms. The van der Waals surface area contributed by atoms with Crippen LogP contribution in [0, 0.1) is 0 Å². The van der Waals surface area contributed by atoms with Gasteiger partial charge in [-0.25, -0.2) is 0 Å². The van der Waals surface area contributed by atoms with Crippen molar-refractivity contribution in [2.75, 3.05) is 5.32 Å². The predicted molar refractivity (Wildman–Crippen MR) is 66.4 cm³/mol. The zero-order valence-electron chi connectivity index (χ0n) is 9.34. The van der Waals surface area contributed by atoms with Crippen molar-refractivity contribution >= 4 is 16.5 Å². The summed E-state index contributed by atoms with van der Waals surface area (Å²) in [5, 5.41) is 31.6. The number of anilines is 1. The lowest BCUT2D eigenvalue weighted by Gasteiger charge is -2.06. The van der Waals surface area contributed by atoms with Crippen molar-refractivity contribution in [3.63, 3.8) is 0 Å². The van der Waals surface area contributed by atoms with E-state index in [9.17, 15) is 10.2 Å². The molecule has 1 heterocycles. The number of rotatable bonds is 4. The molecule has 0 amide bonds. The Morgan fingerprint density at radius 3 is 2.82 bits per heavy atom. The molecule has 0 fully saturated rings. The largest absolute Gasteiger partial charge is 0.504 e. The normalized spacial score (nSPS) is 10.4. The molecule has 0 aliphatic carbocycles. The molecule has 0 atom stereocenters. The maximum atomic E-state index is 9.60. The Morgan fingerprint density at radius 2 is 2.12 bits per heavy atom. The van der Waals surface area contributed by atoms with E-state index in [2.05, 4.69) is 15.5 Å². The van der Waals surface area contributed by atoms with Gasteiger partial charge in [-0.2, -0.15) is 0 Å². The Bertz CT molecular complexity index is 513. The number of para-hydroxylation sites is 1. The third-order valence-electron chi connectivity index (χ3n) is 2.30. The third-order valence-corrected chi connectivity index (χ3v) is 3.32. The maximum Gasteiger partial charge on any atom is 0.205 e. The Balaban J connectivity index is 2.04. The number of aromatic nitrogens is 2. The van der Waals surface area contributed by atoms with Gasteiger partial charge in [0.2, 0.25) is 5.13 Å². The van der Waals surface area contributed by atoms with E-state index in [1.165, 1.54) is 17.4 Å². The summed E-state index contributed by atoms with van der Waals surface area (Å²) in [6.07, 6.45) is 0.858. The number of nitrogens with zero attached hydrogens (tertiary/aromatic N) is 2. The van der Waals surface area contributed by atoms with E-state index in [4.69, 9.17) is 0 Å². The van der Waals surface area contributed by atoms with Gasteiger partial charge in [0.25, 0.3) is 0 Å². The van der Waals surface area contributed by atoms with Crippen molar-refractivity contribution in [1.29, 1.82) is 0 Å². The van der Waals surface area contributed by atoms with Crippen LogP contribution in [-0.2, 0) is 13.0 Å². The number of phenolic OH excluding ortho intramolecular Hbond substituents is 2. The average Bonchev–Trinajstić information content (AvgIpc) is 2.79. The molecule has 0 spiro atoms. The van der Waals surface area contributed by atoms with Crippen LogP contribution in [0.2, 0.25) is 0 Å². The van der Waals surface area contributed by atoms with Gasteiger partial charge >= 0.3 is 0 Å². The molecule has 0 aliphatic heterocycles. The molecule has 5 nitrogen and oxygen atoms in total. The molecule has 2 rings (SSSR count). The first-order valence-electron chi connectivity index (χ1n) is 5.26. The monoisotopic (exact) mass is 251 g/mol. The van der Waals surface area contributed by atoms with Crippen molar-refractivity contribution in [3.05, 3.63) is 28.8 Å². The van der Waals surface area contributed by atoms with Crippen LogP contribution < -0.4 is 5.32 Å². The Hall–Kier alpha value is -1.82. The Kier molecular flexibility index (Phi) is 3.43. The van der Waals surface area contributed by atoms with Gasteiger partial charge < -0.3 is 15.5 Å². The van der Waals surface area contributed by atoms with Crippen molar-refractivity contribution in [1.82, 2.24) is 10.2 Å². The molecule has 0 radical (unpaired) electrons. The summed E-state index contributed by atoms with van der Waals surface area (Å²) >= 11 is 1.48. The second kappa shape index (κ2) is 5.01. The lowest BCUT2D eigenvalue weighted by molar-refractivity contribution is 0.400. The minimum Gasteiger partial charge on any atom is -0.504 e. The van der Waals surface area contributed by atoms with E-state index < -0.39 is 0 Å². The number of aromatic hydroxyl groups is 2. The molecule has 0 unspecified atom stereocenters. The summed E-state index contributed by atoms with van der Waals surface area (Å²) in [5.74, 6) is -0.212. The molecular formula is C11H13N3O2S. The van der Waals surface area contributed by atoms with Crippen molar-refractivity contribution in [2.24, 2.45) is 0 Å². The van der Waals surface area contributed by atoms with Gasteiger partial charge in [0.1, 0.15) is 5.01 Å². The van der Waals surface area contributed by atoms with Gasteiger partial charge in [-0.05, 0) is 12.5 Å². The van der Waals surface area contributed by atoms with E-state index in [1.54, 1.807) is 12.1 Å². The fraction of sp³-hybridized carbons (Fsp3) is 0.273. The lowest BCUT2D eigenvalue weighted by atomic mass is 10.2. The van der Waals surface area contributed by atoms with Gasteiger partial charge in [0.15, 0.2) is 11.5 Å². The summed E-state index contributed by atoms with van der Waals surface area (Å²) in [5.41, 5.74) is 0.623. The SMILES string of the molecule is CCc1nnc(NCc2cccc(O)c2O)s1. The van der Waals surface area contributed by atoms with Crippen LogP contribution in [0.3, 0.4) is 0 Å². The molecule has 0 bridgehead atoms. The number of hydrogen-bond acceptors (Lipinski definition) is 6. The van der Waals surface area contributed by atoms with Gasteiger partial charge in [-0.15, -0.1) is 10.2 Å². The number of aryl methyl sites for hydroxylation is 1. The predicted octanol–water partition coefficient (Wildman–Crippen LogP) is 2.12. The second-order valence-corrected chi connectivity index (χ2v) is 4.56. The molecule has 0 aliphatic rings. The fourth-order valence-corrected chi connectivity index (χ4v) is 2.03. The van der Waals surface area contributed by atoms with Gasteiger partial charge in [-0.3, -0.25) is 0 Å². The Morgan fingerprint density at radius 1 is 1.29 bits per heavy atom. The summed E-state index contributed by atoms with van der Waals surface area (Å²) < 4.78 is 0. The zero-order chi connectivity index (χ0) is 12.3. The quantitative estimate of drug-likeness (QED) is 0.725.